The summed E-state index contributed by atoms with van der Waals surface area (Å²) < 4.78 is 2.66. The molecule has 84 valence electrons. The molecule has 15 heavy (non-hydrogen) atoms. The normalized spacial score (nSPS) is 9.93. The highest BCUT2D eigenvalue weighted by Gasteiger charge is 1.97. The van der Waals surface area contributed by atoms with E-state index in [0.29, 0.717) is 0 Å². The van der Waals surface area contributed by atoms with E-state index in [4.69, 9.17) is 0 Å². The van der Waals surface area contributed by atoms with Gasteiger partial charge in [-0.1, -0.05) is 0 Å². The predicted octanol–water partition coefficient (Wildman–Crippen LogP) is 1.22. The van der Waals surface area contributed by atoms with Crippen LogP contribution in [-0.4, -0.2) is 34.8 Å². The number of hydrogen-bond donors (Lipinski definition) is 3. The zero-order valence-electron chi connectivity index (χ0n) is 8.45. The first kappa shape index (κ1) is 12.3. The molecule has 5 nitrogen and oxygen atoms in total. The zero-order valence-corrected chi connectivity index (χ0v) is 10.1. The van der Waals surface area contributed by atoms with E-state index in [1.165, 1.54) is 11.9 Å². The number of aromatic nitrogens is 2. The summed E-state index contributed by atoms with van der Waals surface area (Å²) in [5.74, 6) is 2.82. The van der Waals surface area contributed by atoms with Crippen molar-refractivity contribution in [2.45, 2.75) is 5.75 Å². The van der Waals surface area contributed by atoms with E-state index in [1.54, 1.807) is 25.0 Å². The van der Waals surface area contributed by atoms with Crippen molar-refractivity contribution in [2.75, 3.05) is 18.6 Å². The van der Waals surface area contributed by atoms with E-state index in [1.807, 2.05) is 6.07 Å². The minimum Gasteiger partial charge on any atom is -0.341 e. The highest BCUT2D eigenvalue weighted by Crippen LogP contribution is 2.10. The highest BCUT2D eigenvalue weighted by molar-refractivity contribution is 8.01. The lowest BCUT2D eigenvalue weighted by Crippen LogP contribution is -2.27. The van der Waals surface area contributed by atoms with Crippen LogP contribution in [0.4, 0.5) is 4.79 Å². The van der Waals surface area contributed by atoms with E-state index in [9.17, 15) is 4.79 Å². The van der Waals surface area contributed by atoms with Crippen LogP contribution >= 0.6 is 23.7 Å². The summed E-state index contributed by atoms with van der Waals surface area (Å²) in [6, 6.07) is 1.81. The van der Waals surface area contributed by atoms with Gasteiger partial charge in [0, 0.05) is 36.2 Å². The summed E-state index contributed by atoms with van der Waals surface area (Å²) in [6.45, 7) is 0. The fraction of sp³-hybridized carbons (Fsp3) is 0.500. The molecular formula is C8H14N4OS2. The highest BCUT2D eigenvalue weighted by atomic mass is 32.2. The molecule has 3 N–H and O–H groups in total. The van der Waals surface area contributed by atoms with E-state index >= 15 is 0 Å². The van der Waals surface area contributed by atoms with Gasteiger partial charge in [0.15, 0.2) is 0 Å². The third-order valence-electron chi connectivity index (χ3n) is 1.54. The molecule has 0 radical (unpaired) electrons. The number of carbonyl (C=O) groups is 1. The van der Waals surface area contributed by atoms with Gasteiger partial charge in [0.05, 0.1) is 0 Å². The number of nitrogens with one attached hydrogen (secondary N) is 3. The van der Waals surface area contributed by atoms with Gasteiger partial charge in [-0.05, 0) is 18.0 Å². The molecule has 0 aliphatic heterocycles. The summed E-state index contributed by atoms with van der Waals surface area (Å²) in [5.41, 5.74) is 1.13. The largest absolute Gasteiger partial charge is 0.341 e. The van der Waals surface area contributed by atoms with Crippen LogP contribution in [0, 0.1) is 0 Å². The van der Waals surface area contributed by atoms with Gasteiger partial charge in [0.25, 0.3) is 0 Å². The second-order valence-corrected chi connectivity index (χ2v) is 4.67. The molecule has 1 aromatic rings. The molecule has 0 saturated heterocycles. The van der Waals surface area contributed by atoms with Crippen LogP contribution < -0.4 is 10.0 Å². The number of urea groups is 1. The first-order valence-electron chi connectivity index (χ1n) is 4.48. The molecule has 0 bridgehead atoms. The van der Waals surface area contributed by atoms with Crippen LogP contribution in [-0.2, 0) is 5.75 Å². The second-order valence-electron chi connectivity index (χ2n) is 2.66. The molecule has 1 rings (SSSR count). The molecule has 7 heteroatoms. The topological polar surface area (TPSA) is 69.8 Å². The van der Waals surface area contributed by atoms with E-state index < -0.39 is 0 Å². The summed E-state index contributed by atoms with van der Waals surface area (Å²) in [7, 11) is 1.60. The molecule has 0 spiro atoms. The van der Waals surface area contributed by atoms with Gasteiger partial charge < -0.3 is 5.32 Å². The Morgan fingerprint density at radius 2 is 2.47 bits per heavy atom. The Bertz CT molecular complexity index is 278. The Hall–Kier alpha value is -0.820. The SMILES string of the molecule is CNC(=O)NSCCSCc1ccn[nH]1. The number of H-pyrrole nitrogens is 1. The smallest absolute Gasteiger partial charge is 0.324 e. The fourth-order valence-corrected chi connectivity index (χ4v) is 2.48. The Kier molecular flexibility index (Phi) is 6.10. The molecule has 1 heterocycles. The number of aromatic amines is 1. The minimum absolute atomic E-state index is 0.154. The summed E-state index contributed by atoms with van der Waals surface area (Å²) in [6.07, 6.45) is 1.75. The summed E-state index contributed by atoms with van der Waals surface area (Å²) in [5, 5.41) is 9.25. The van der Waals surface area contributed by atoms with Gasteiger partial charge in [0.2, 0.25) is 0 Å². The van der Waals surface area contributed by atoms with Crippen LogP contribution in [0.2, 0.25) is 0 Å². The van der Waals surface area contributed by atoms with Crippen molar-refractivity contribution in [3.05, 3.63) is 18.0 Å². The van der Waals surface area contributed by atoms with Crippen LogP contribution in [0.15, 0.2) is 12.3 Å². The molecule has 0 aliphatic rings. The Morgan fingerprint density at radius 1 is 1.60 bits per heavy atom. The second kappa shape index (κ2) is 7.47. The zero-order chi connectivity index (χ0) is 10.9. The maximum Gasteiger partial charge on any atom is 0.324 e. The lowest BCUT2D eigenvalue weighted by molar-refractivity contribution is 0.248. The number of nitrogens with zero attached hydrogens (tertiary/aromatic N) is 1. The Balaban J connectivity index is 1.91. The maximum atomic E-state index is 10.8. The molecule has 2 amide bonds. The Morgan fingerprint density at radius 3 is 3.13 bits per heavy atom. The summed E-state index contributed by atoms with van der Waals surface area (Å²) in [4.78, 5) is 10.8. The molecule has 0 aromatic carbocycles. The first-order chi connectivity index (χ1) is 7.33. The molecule has 1 aromatic heterocycles. The number of rotatable bonds is 6. The maximum absolute atomic E-state index is 10.8. The Labute approximate surface area is 97.3 Å². The predicted molar refractivity (Wildman–Crippen MR) is 64.8 cm³/mol. The van der Waals surface area contributed by atoms with E-state index in [2.05, 4.69) is 20.2 Å². The molecule has 0 aliphatic carbocycles. The van der Waals surface area contributed by atoms with Crippen molar-refractivity contribution >= 4 is 29.7 Å². The van der Waals surface area contributed by atoms with Crippen LogP contribution in [0.1, 0.15) is 5.69 Å². The lowest BCUT2D eigenvalue weighted by atomic mass is 10.5. The van der Waals surface area contributed by atoms with Crippen molar-refractivity contribution in [2.24, 2.45) is 0 Å². The van der Waals surface area contributed by atoms with Crippen molar-refractivity contribution in [1.29, 1.82) is 0 Å². The van der Waals surface area contributed by atoms with Gasteiger partial charge in [-0.2, -0.15) is 16.9 Å². The van der Waals surface area contributed by atoms with Crippen molar-refractivity contribution < 1.29 is 4.79 Å². The molecule has 0 unspecified atom stereocenters. The van der Waals surface area contributed by atoms with Crippen molar-refractivity contribution in [1.82, 2.24) is 20.2 Å². The van der Waals surface area contributed by atoms with E-state index in [0.717, 1.165) is 23.0 Å². The average Bonchev–Trinajstić information content (AvgIpc) is 2.75. The molecular weight excluding hydrogens is 232 g/mol. The third kappa shape index (κ3) is 5.58. The number of thioether (sulfide) groups is 1. The standard InChI is InChI=1S/C8H14N4OS2/c1-9-8(13)12-15-5-4-14-6-7-2-3-10-11-7/h2-3H,4-6H2,1H3,(H,10,11)(H2,9,12,13). The van der Waals surface area contributed by atoms with Crippen LogP contribution in [0.3, 0.4) is 0 Å². The van der Waals surface area contributed by atoms with Gasteiger partial charge in [-0.25, -0.2) is 4.79 Å². The van der Waals surface area contributed by atoms with Gasteiger partial charge in [0.1, 0.15) is 0 Å². The quantitative estimate of drug-likeness (QED) is 0.521. The molecule has 0 saturated carbocycles. The van der Waals surface area contributed by atoms with Crippen LogP contribution in [0.25, 0.3) is 0 Å². The average molecular weight is 246 g/mol. The van der Waals surface area contributed by atoms with Crippen LogP contribution in [0.5, 0.6) is 0 Å². The van der Waals surface area contributed by atoms with Gasteiger partial charge in [-0.3, -0.25) is 9.82 Å². The lowest BCUT2D eigenvalue weighted by Gasteiger charge is -2.02. The van der Waals surface area contributed by atoms with Gasteiger partial charge in [-0.15, -0.1) is 0 Å². The third-order valence-corrected chi connectivity index (χ3v) is 3.54. The monoisotopic (exact) mass is 246 g/mol. The minimum atomic E-state index is -0.154. The van der Waals surface area contributed by atoms with Crippen molar-refractivity contribution in [3.8, 4) is 0 Å². The number of hydrogen-bond acceptors (Lipinski definition) is 4. The number of carbonyl (C=O) groups excluding carboxylic acids is 1. The first-order valence-corrected chi connectivity index (χ1v) is 6.62. The van der Waals surface area contributed by atoms with Gasteiger partial charge >= 0.3 is 6.03 Å². The van der Waals surface area contributed by atoms with Crippen molar-refractivity contribution in [3.63, 3.8) is 0 Å². The molecule has 0 fully saturated rings. The fourth-order valence-electron chi connectivity index (χ4n) is 0.815. The number of amides is 2. The summed E-state index contributed by atoms with van der Waals surface area (Å²) >= 11 is 3.22. The van der Waals surface area contributed by atoms with E-state index in [-0.39, 0.29) is 6.03 Å². The molecule has 0 atom stereocenters.